The van der Waals surface area contributed by atoms with Gasteiger partial charge < -0.3 is 9.64 Å². The zero-order valence-electron chi connectivity index (χ0n) is 12.2. The molecular formula is C17H18BrFN2O. The molecule has 3 rings (SSSR count). The Hall–Kier alpha value is -1.46. The minimum Gasteiger partial charge on any atom is -0.373 e. The first-order chi connectivity index (χ1) is 10.7. The van der Waals surface area contributed by atoms with Gasteiger partial charge in [-0.15, -0.1) is 0 Å². The normalized spacial score (nSPS) is 16.0. The SMILES string of the molecule is Fc1ccc(COC2CCN(c3ccc(Br)cn3)CC2)cc1. The lowest BCUT2D eigenvalue weighted by Crippen LogP contribution is -2.37. The summed E-state index contributed by atoms with van der Waals surface area (Å²) in [7, 11) is 0. The van der Waals surface area contributed by atoms with Gasteiger partial charge in [0.05, 0.1) is 12.7 Å². The van der Waals surface area contributed by atoms with Crippen molar-refractivity contribution in [3.05, 3.63) is 58.4 Å². The van der Waals surface area contributed by atoms with Gasteiger partial charge in [0.25, 0.3) is 0 Å². The van der Waals surface area contributed by atoms with Crippen LogP contribution in [0.3, 0.4) is 0 Å². The third-order valence-corrected chi connectivity index (χ3v) is 4.35. The van der Waals surface area contributed by atoms with Crippen molar-refractivity contribution in [3.63, 3.8) is 0 Å². The number of nitrogens with zero attached hydrogens (tertiary/aromatic N) is 2. The number of piperidine rings is 1. The highest BCUT2D eigenvalue weighted by Crippen LogP contribution is 2.21. The van der Waals surface area contributed by atoms with Gasteiger partial charge in [0.2, 0.25) is 0 Å². The van der Waals surface area contributed by atoms with Gasteiger partial charge in [0, 0.05) is 23.8 Å². The van der Waals surface area contributed by atoms with Gasteiger partial charge in [-0.2, -0.15) is 0 Å². The van der Waals surface area contributed by atoms with Gasteiger partial charge >= 0.3 is 0 Å². The summed E-state index contributed by atoms with van der Waals surface area (Å²) < 4.78 is 19.8. The van der Waals surface area contributed by atoms with E-state index < -0.39 is 0 Å². The summed E-state index contributed by atoms with van der Waals surface area (Å²) in [6, 6.07) is 10.5. The fraction of sp³-hybridized carbons (Fsp3) is 0.353. The maximum absolute atomic E-state index is 12.9. The van der Waals surface area contributed by atoms with Crippen LogP contribution in [0, 0.1) is 5.82 Å². The molecule has 0 aliphatic carbocycles. The van der Waals surface area contributed by atoms with Crippen LogP contribution in [-0.4, -0.2) is 24.2 Å². The van der Waals surface area contributed by atoms with Gasteiger partial charge in [-0.05, 0) is 58.6 Å². The van der Waals surface area contributed by atoms with E-state index >= 15 is 0 Å². The highest BCUT2D eigenvalue weighted by Gasteiger charge is 2.20. The van der Waals surface area contributed by atoms with Crippen LogP contribution in [0.25, 0.3) is 0 Å². The molecule has 0 radical (unpaired) electrons. The van der Waals surface area contributed by atoms with Crippen LogP contribution in [0.5, 0.6) is 0 Å². The molecule has 2 aromatic rings. The Kier molecular flexibility index (Phi) is 5.05. The monoisotopic (exact) mass is 364 g/mol. The van der Waals surface area contributed by atoms with Crippen molar-refractivity contribution in [2.45, 2.75) is 25.6 Å². The van der Waals surface area contributed by atoms with Gasteiger partial charge in [0.15, 0.2) is 0 Å². The first kappa shape index (κ1) is 15.4. The topological polar surface area (TPSA) is 25.4 Å². The van der Waals surface area contributed by atoms with Crippen molar-refractivity contribution in [2.24, 2.45) is 0 Å². The molecule has 0 N–H and O–H groups in total. The molecule has 0 atom stereocenters. The van der Waals surface area contributed by atoms with E-state index in [1.165, 1.54) is 12.1 Å². The van der Waals surface area contributed by atoms with Crippen LogP contribution in [-0.2, 0) is 11.3 Å². The lowest BCUT2D eigenvalue weighted by molar-refractivity contribution is 0.0250. The van der Waals surface area contributed by atoms with Crippen molar-refractivity contribution in [1.29, 1.82) is 0 Å². The predicted octanol–water partition coefficient (Wildman–Crippen LogP) is 4.17. The van der Waals surface area contributed by atoms with Crippen LogP contribution in [0.15, 0.2) is 47.1 Å². The number of pyridine rings is 1. The molecule has 1 aromatic carbocycles. The summed E-state index contributed by atoms with van der Waals surface area (Å²) in [6.07, 6.45) is 4.06. The minimum atomic E-state index is -0.209. The summed E-state index contributed by atoms with van der Waals surface area (Å²) in [6.45, 7) is 2.44. The second kappa shape index (κ2) is 7.20. The number of ether oxygens (including phenoxy) is 1. The van der Waals surface area contributed by atoms with Crippen molar-refractivity contribution in [1.82, 2.24) is 4.98 Å². The van der Waals surface area contributed by atoms with Gasteiger partial charge in [0.1, 0.15) is 11.6 Å². The first-order valence-electron chi connectivity index (χ1n) is 7.43. The van der Waals surface area contributed by atoms with E-state index in [9.17, 15) is 4.39 Å². The van der Waals surface area contributed by atoms with Gasteiger partial charge in [-0.25, -0.2) is 9.37 Å². The average molecular weight is 365 g/mol. The van der Waals surface area contributed by atoms with Crippen molar-refractivity contribution in [3.8, 4) is 0 Å². The van der Waals surface area contributed by atoms with Crippen LogP contribution < -0.4 is 4.90 Å². The molecule has 1 saturated heterocycles. The Morgan fingerprint density at radius 1 is 1.14 bits per heavy atom. The molecule has 22 heavy (non-hydrogen) atoms. The molecule has 1 aliphatic rings. The average Bonchev–Trinajstić information content (AvgIpc) is 2.56. The van der Waals surface area contributed by atoms with E-state index in [2.05, 4.69) is 25.8 Å². The lowest BCUT2D eigenvalue weighted by Gasteiger charge is -2.32. The smallest absolute Gasteiger partial charge is 0.128 e. The number of hydrogen-bond acceptors (Lipinski definition) is 3. The lowest BCUT2D eigenvalue weighted by atomic mass is 10.1. The maximum Gasteiger partial charge on any atom is 0.128 e. The Morgan fingerprint density at radius 3 is 2.50 bits per heavy atom. The standard InChI is InChI=1S/C17H18BrFN2O/c18-14-3-6-17(20-11-14)21-9-7-16(8-10-21)22-12-13-1-4-15(19)5-2-13/h1-6,11,16H,7-10,12H2. The maximum atomic E-state index is 12.9. The van der Waals surface area contributed by atoms with E-state index in [1.807, 2.05) is 18.3 Å². The second-order valence-electron chi connectivity index (χ2n) is 5.46. The zero-order chi connectivity index (χ0) is 15.4. The summed E-state index contributed by atoms with van der Waals surface area (Å²) in [5, 5.41) is 0. The van der Waals surface area contributed by atoms with Crippen molar-refractivity contribution >= 4 is 21.7 Å². The van der Waals surface area contributed by atoms with Gasteiger partial charge in [-0.3, -0.25) is 0 Å². The van der Waals surface area contributed by atoms with Crippen LogP contribution >= 0.6 is 15.9 Å². The summed E-state index contributed by atoms with van der Waals surface area (Å²) >= 11 is 3.40. The molecule has 1 aliphatic heterocycles. The molecule has 2 heterocycles. The third kappa shape index (κ3) is 4.05. The summed E-state index contributed by atoms with van der Waals surface area (Å²) in [5.74, 6) is 0.805. The summed E-state index contributed by atoms with van der Waals surface area (Å²) in [5.41, 5.74) is 1.01. The number of hydrogen-bond donors (Lipinski definition) is 0. The number of anilines is 1. The molecule has 3 nitrogen and oxygen atoms in total. The molecule has 5 heteroatoms. The molecule has 116 valence electrons. The molecular weight excluding hydrogens is 347 g/mol. The molecule has 0 saturated carbocycles. The highest BCUT2D eigenvalue weighted by atomic mass is 79.9. The fourth-order valence-electron chi connectivity index (χ4n) is 2.60. The fourth-order valence-corrected chi connectivity index (χ4v) is 2.84. The Morgan fingerprint density at radius 2 is 1.86 bits per heavy atom. The van der Waals surface area contributed by atoms with E-state index in [-0.39, 0.29) is 11.9 Å². The van der Waals surface area contributed by atoms with Crippen LogP contribution in [0.2, 0.25) is 0 Å². The molecule has 1 aromatic heterocycles. The Balaban J connectivity index is 1.47. The van der Waals surface area contributed by atoms with Crippen LogP contribution in [0.1, 0.15) is 18.4 Å². The Labute approximate surface area is 138 Å². The molecule has 0 unspecified atom stereocenters. The predicted molar refractivity (Wildman–Crippen MR) is 88.4 cm³/mol. The number of halogens is 2. The minimum absolute atomic E-state index is 0.209. The van der Waals surface area contributed by atoms with E-state index in [1.54, 1.807) is 12.1 Å². The summed E-state index contributed by atoms with van der Waals surface area (Å²) in [4.78, 5) is 6.71. The molecule has 0 amide bonds. The van der Waals surface area contributed by atoms with Crippen molar-refractivity contribution < 1.29 is 9.13 Å². The molecule has 1 fully saturated rings. The number of rotatable bonds is 4. The first-order valence-corrected chi connectivity index (χ1v) is 8.22. The molecule has 0 spiro atoms. The van der Waals surface area contributed by atoms with E-state index in [0.717, 1.165) is 41.8 Å². The number of benzene rings is 1. The third-order valence-electron chi connectivity index (χ3n) is 3.88. The van der Waals surface area contributed by atoms with Gasteiger partial charge in [-0.1, -0.05) is 12.1 Å². The largest absolute Gasteiger partial charge is 0.373 e. The van der Waals surface area contributed by atoms with Crippen molar-refractivity contribution in [2.75, 3.05) is 18.0 Å². The Bertz CT molecular complexity index is 595. The second-order valence-corrected chi connectivity index (χ2v) is 6.37. The zero-order valence-corrected chi connectivity index (χ0v) is 13.8. The van der Waals surface area contributed by atoms with E-state index in [0.29, 0.717) is 6.61 Å². The molecule has 0 bridgehead atoms. The quantitative estimate of drug-likeness (QED) is 0.813. The number of aromatic nitrogens is 1. The highest BCUT2D eigenvalue weighted by molar-refractivity contribution is 9.10. The van der Waals surface area contributed by atoms with Crippen LogP contribution in [0.4, 0.5) is 10.2 Å². The van der Waals surface area contributed by atoms with E-state index in [4.69, 9.17) is 4.74 Å².